The van der Waals surface area contributed by atoms with Crippen LogP contribution in [-0.4, -0.2) is 30.5 Å². The molecule has 0 spiro atoms. The number of ether oxygens (including phenoxy) is 2. The fourth-order valence-corrected chi connectivity index (χ4v) is 3.23. The Morgan fingerprint density at radius 3 is 2.78 bits per heavy atom. The van der Waals surface area contributed by atoms with E-state index in [-0.39, 0.29) is 11.9 Å². The van der Waals surface area contributed by atoms with Crippen LogP contribution in [0.25, 0.3) is 0 Å². The summed E-state index contributed by atoms with van der Waals surface area (Å²) in [6, 6.07) is 5.58. The van der Waals surface area contributed by atoms with Crippen molar-refractivity contribution in [2.24, 2.45) is 0 Å². The van der Waals surface area contributed by atoms with Gasteiger partial charge in [0.05, 0.1) is 17.3 Å². The number of carbonyl (C=O) groups is 1. The van der Waals surface area contributed by atoms with Crippen LogP contribution >= 0.6 is 11.5 Å². The molecule has 7 heteroatoms. The van der Waals surface area contributed by atoms with Gasteiger partial charge in [0.15, 0.2) is 11.5 Å². The van der Waals surface area contributed by atoms with Crippen molar-refractivity contribution in [3.8, 4) is 11.5 Å². The second-order valence-corrected chi connectivity index (χ2v) is 6.09. The SMILES string of the molecule is CNc1snc(C)c1C(=O)NC(C)c1ccc2c(c1)OCCO2. The van der Waals surface area contributed by atoms with E-state index in [4.69, 9.17) is 9.47 Å². The maximum Gasteiger partial charge on any atom is 0.256 e. The first-order chi connectivity index (χ1) is 11.1. The lowest BCUT2D eigenvalue weighted by Crippen LogP contribution is -2.27. The van der Waals surface area contributed by atoms with E-state index in [0.29, 0.717) is 18.8 Å². The van der Waals surface area contributed by atoms with E-state index in [9.17, 15) is 4.79 Å². The van der Waals surface area contributed by atoms with Crippen LogP contribution in [0.4, 0.5) is 5.00 Å². The third-order valence-electron chi connectivity index (χ3n) is 3.73. The molecule has 1 aliphatic rings. The van der Waals surface area contributed by atoms with E-state index in [1.54, 1.807) is 7.05 Å². The number of nitrogens with zero attached hydrogens (tertiary/aromatic N) is 1. The maximum atomic E-state index is 12.5. The minimum absolute atomic E-state index is 0.136. The zero-order valence-corrected chi connectivity index (χ0v) is 14.1. The predicted molar refractivity (Wildman–Crippen MR) is 89.7 cm³/mol. The van der Waals surface area contributed by atoms with Crippen molar-refractivity contribution in [3.63, 3.8) is 0 Å². The summed E-state index contributed by atoms with van der Waals surface area (Å²) in [5, 5.41) is 6.79. The molecule has 2 N–H and O–H groups in total. The van der Waals surface area contributed by atoms with Gasteiger partial charge in [0, 0.05) is 7.05 Å². The Bertz CT molecular complexity index is 729. The first-order valence-corrected chi connectivity index (χ1v) is 8.22. The first-order valence-electron chi connectivity index (χ1n) is 7.44. The molecule has 1 amide bonds. The molecule has 6 nitrogen and oxygen atoms in total. The first kappa shape index (κ1) is 15.6. The molecule has 2 heterocycles. The average Bonchev–Trinajstić information content (AvgIpc) is 2.95. The molecule has 1 aliphatic heterocycles. The van der Waals surface area contributed by atoms with Crippen LogP contribution in [0.2, 0.25) is 0 Å². The Morgan fingerprint density at radius 1 is 1.30 bits per heavy atom. The van der Waals surface area contributed by atoms with E-state index >= 15 is 0 Å². The van der Waals surface area contributed by atoms with Gasteiger partial charge in [-0.15, -0.1) is 0 Å². The van der Waals surface area contributed by atoms with E-state index in [2.05, 4.69) is 15.0 Å². The Morgan fingerprint density at radius 2 is 2.04 bits per heavy atom. The van der Waals surface area contributed by atoms with Gasteiger partial charge in [-0.05, 0) is 43.1 Å². The molecule has 2 aromatic rings. The summed E-state index contributed by atoms with van der Waals surface area (Å²) in [7, 11) is 1.79. The molecule has 0 aliphatic carbocycles. The Kier molecular flexibility index (Phi) is 4.38. The molecule has 23 heavy (non-hydrogen) atoms. The van der Waals surface area contributed by atoms with Crippen LogP contribution in [0.15, 0.2) is 18.2 Å². The van der Waals surface area contributed by atoms with Crippen LogP contribution in [0, 0.1) is 6.92 Å². The van der Waals surface area contributed by atoms with Crippen molar-refractivity contribution in [2.45, 2.75) is 19.9 Å². The molecule has 0 saturated carbocycles. The van der Waals surface area contributed by atoms with Gasteiger partial charge in [0.25, 0.3) is 5.91 Å². The van der Waals surface area contributed by atoms with E-state index in [1.807, 2.05) is 32.0 Å². The molecule has 1 atom stereocenters. The molecule has 1 aromatic heterocycles. The molecule has 122 valence electrons. The number of rotatable bonds is 4. The highest BCUT2D eigenvalue weighted by atomic mass is 32.1. The summed E-state index contributed by atoms with van der Waals surface area (Å²) in [5.41, 5.74) is 2.29. The quantitative estimate of drug-likeness (QED) is 0.900. The van der Waals surface area contributed by atoms with Gasteiger partial charge in [-0.3, -0.25) is 4.79 Å². The lowest BCUT2D eigenvalue weighted by Gasteiger charge is -2.21. The van der Waals surface area contributed by atoms with E-state index < -0.39 is 0 Å². The highest BCUT2D eigenvalue weighted by molar-refractivity contribution is 7.10. The van der Waals surface area contributed by atoms with Crippen molar-refractivity contribution in [3.05, 3.63) is 35.0 Å². The van der Waals surface area contributed by atoms with Crippen molar-refractivity contribution >= 4 is 22.4 Å². The molecule has 0 fully saturated rings. The zero-order chi connectivity index (χ0) is 16.4. The molecule has 3 rings (SSSR count). The van der Waals surface area contributed by atoms with E-state index in [1.165, 1.54) is 11.5 Å². The number of amides is 1. The topological polar surface area (TPSA) is 72.5 Å². The lowest BCUT2D eigenvalue weighted by atomic mass is 10.1. The van der Waals surface area contributed by atoms with Gasteiger partial charge in [0.1, 0.15) is 18.2 Å². The number of carbonyl (C=O) groups excluding carboxylic acids is 1. The molecule has 1 unspecified atom stereocenters. The summed E-state index contributed by atoms with van der Waals surface area (Å²) in [6.07, 6.45) is 0. The van der Waals surface area contributed by atoms with Crippen molar-refractivity contribution < 1.29 is 14.3 Å². The number of benzene rings is 1. The number of anilines is 1. The largest absolute Gasteiger partial charge is 0.486 e. The van der Waals surface area contributed by atoms with Crippen LogP contribution < -0.4 is 20.1 Å². The second-order valence-electron chi connectivity index (χ2n) is 5.32. The average molecular weight is 333 g/mol. The van der Waals surface area contributed by atoms with Gasteiger partial charge in [-0.2, -0.15) is 4.37 Å². The molecule has 0 bridgehead atoms. The zero-order valence-electron chi connectivity index (χ0n) is 13.3. The minimum atomic E-state index is -0.151. The molecule has 0 saturated heterocycles. The summed E-state index contributed by atoms with van der Waals surface area (Å²) in [5.74, 6) is 1.33. The van der Waals surface area contributed by atoms with Gasteiger partial charge in [-0.25, -0.2) is 0 Å². The van der Waals surface area contributed by atoms with Gasteiger partial charge < -0.3 is 20.1 Å². The molecular weight excluding hydrogens is 314 g/mol. The number of fused-ring (bicyclic) bond motifs is 1. The number of hydrogen-bond acceptors (Lipinski definition) is 6. The third-order valence-corrected chi connectivity index (χ3v) is 4.69. The second kappa shape index (κ2) is 6.45. The monoisotopic (exact) mass is 333 g/mol. The Balaban J connectivity index is 1.77. The lowest BCUT2D eigenvalue weighted by molar-refractivity contribution is 0.0940. The van der Waals surface area contributed by atoms with Gasteiger partial charge in [0.2, 0.25) is 0 Å². The molecular formula is C16H19N3O3S. The Hall–Kier alpha value is -2.28. The summed E-state index contributed by atoms with van der Waals surface area (Å²) in [4.78, 5) is 12.5. The number of hydrogen-bond donors (Lipinski definition) is 2. The Labute approximate surface area is 139 Å². The fourth-order valence-electron chi connectivity index (χ4n) is 2.49. The highest BCUT2D eigenvalue weighted by Crippen LogP contribution is 2.33. The van der Waals surface area contributed by atoms with Crippen molar-refractivity contribution in [2.75, 3.05) is 25.6 Å². The van der Waals surface area contributed by atoms with Gasteiger partial charge in [-0.1, -0.05) is 6.07 Å². The summed E-state index contributed by atoms with van der Waals surface area (Å²) < 4.78 is 15.3. The number of aromatic nitrogens is 1. The smallest absolute Gasteiger partial charge is 0.256 e. The molecule has 0 radical (unpaired) electrons. The summed E-state index contributed by atoms with van der Waals surface area (Å²) >= 11 is 1.29. The summed E-state index contributed by atoms with van der Waals surface area (Å²) in [6.45, 7) is 4.89. The minimum Gasteiger partial charge on any atom is -0.486 e. The number of aryl methyl sites for hydroxylation is 1. The van der Waals surface area contributed by atoms with E-state index in [0.717, 1.165) is 27.8 Å². The van der Waals surface area contributed by atoms with Crippen LogP contribution in [0.3, 0.4) is 0 Å². The van der Waals surface area contributed by atoms with Crippen molar-refractivity contribution in [1.82, 2.24) is 9.69 Å². The van der Waals surface area contributed by atoms with Crippen molar-refractivity contribution in [1.29, 1.82) is 0 Å². The number of nitrogens with one attached hydrogen (secondary N) is 2. The predicted octanol–water partition coefficient (Wildman–Crippen LogP) is 2.76. The van der Waals surface area contributed by atoms with Crippen LogP contribution in [-0.2, 0) is 0 Å². The standard InChI is InChI=1S/C16H19N3O3S/c1-9(11-4-5-12-13(8-11)22-7-6-21-12)18-15(20)14-10(2)19-23-16(14)17-3/h4-5,8-9,17H,6-7H2,1-3H3,(H,18,20). The maximum absolute atomic E-state index is 12.5. The van der Waals surface area contributed by atoms with Crippen LogP contribution in [0.5, 0.6) is 11.5 Å². The normalized spacial score (nSPS) is 14.2. The van der Waals surface area contributed by atoms with Crippen LogP contribution in [0.1, 0.15) is 34.6 Å². The van der Waals surface area contributed by atoms with Gasteiger partial charge >= 0.3 is 0 Å². The third kappa shape index (κ3) is 3.10. The fraction of sp³-hybridized carbons (Fsp3) is 0.375. The molecule has 1 aromatic carbocycles. The highest BCUT2D eigenvalue weighted by Gasteiger charge is 2.21.